The van der Waals surface area contributed by atoms with Gasteiger partial charge in [-0.05, 0) is 33.9 Å². The van der Waals surface area contributed by atoms with E-state index in [-0.39, 0.29) is 18.2 Å². The molecule has 25 heavy (non-hydrogen) atoms. The number of carbonyl (C=O) groups excluding carboxylic acids is 1. The Balaban J connectivity index is 1.66. The quantitative estimate of drug-likeness (QED) is 0.807. The molecule has 1 amide bonds. The Bertz CT molecular complexity index is 735. The largest absolute Gasteiger partial charge is 0.361 e. The van der Waals surface area contributed by atoms with E-state index in [0.717, 1.165) is 43.3 Å². The van der Waals surface area contributed by atoms with Crippen molar-refractivity contribution < 1.29 is 9.32 Å². The third-order valence-corrected chi connectivity index (χ3v) is 4.60. The van der Waals surface area contributed by atoms with E-state index in [1.807, 2.05) is 39.0 Å². The molecular weight excluding hydrogens is 320 g/mol. The molecule has 3 rings (SSSR count). The summed E-state index contributed by atoms with van der Waals surface area (Å²) in [4.78, 5) is 16.6. The van der Waals surface area contributed by atoms with Gasteiger partial charge < -0.3 is 18.9 Å². The molecule has 1 aliphatic heterocycles. The van der Waals surface area contributed by atoms with E-state index in [1.165, 1.54) is 0 Å². The van der Waals surface area contributed by atoms with E-state index in [9.17, 15) is 4.79 Å². The molecule has 0 unspecified atom stereocenters. The monoisotopic (exact) mass is 346 g/mol. The first-order chi connectivity index (χ1) is 11.9. The van der Waals surface area contributed by atoms with Crippen LogP contribution in [0.1, 0.15) is 41.9 Å². The average molecular weight is 346 g/mol. The van der Waals surface area contributed by atoms with Crippen LogP contribution < -0.4 is 0 Å². The smallest absolute Gasteiger partial charge is 0.230 e. The molecule has 8 nitrogen and oxygen atoms in total. The summed E-state index contributed by atoms with van der Waals surface area (Å²) in [6.45, 7) is 4.07. The Kier molecular flexibility index (Phi) is 5.17. The zero-order valence-electron chi connectivity index (χ0n) is 15.4. The number of piperidine rings is 1. The molecule has 1 aliphatic rings. The SMILES string of the molecule is Cc1cc(CC(=O)N2CCC[C@H](c3nnc(CN(C)C)n3C)C2)on1. The van der Waals surface area contributed by atoms with Crippen LogP contribution in [0, 0.1) is 6.92 Å². The number of amides is 1. The molecule has 2 aromatic heterocycles. The van der Waals surface area contributed by atoms with Gasteiger partial charge in [-0.2, -0.15) is 0 Å². The number of nitrogens with zero attached hydrogens (tertiary/aromatic N) is 6. The zero-order chi connectivity index (χ0) is 18.0. The fraction of sp³-hybridized carbons (Fsp3) is 0.647. The highest BCUT2D eigenvalue weighted by Crippen LogP contribution is 2.26. The van der Waals surface area contributed by atoms with Crippen LogP contribution in [0.25, 0.3) is 0 Å². The molecule has 0 aromatic carbocycles. The first kappa shape index (κ1) is 17.6. The van der Waals surface area contributed by atoms with Crippen molar-refractivity contribution in [3.63, 3.8) is 0 Å². The van der Waals surface area contributed by atoms with E-state index in [2.05, 4.69) is 24.8 Å². The minimum Gasteiger partial charge on any atom is -0.361 e. The second-order valence-electron chi connectivity index (χ2n) is 7.06. The topological polar surface area (TPSA) is 80.3 Å². The number of hydrogen-bond donors (Lipinski definition) is 0. The maximum atomic E-state index is 12.6. The molecule has 1 atom stereocenters. The molecule has 3 heterocycles. The Morgan fingerprint density at radius 2 is 2.20 bits per heavy atom. The molecule has 0 radical (unpaired) electrons. The van der Waals surface area contributed by atoms with Crippen LogP contribution in [0.3, 0.4) is 0 Å². The number of hydrogen-bond acceptors (Lipinski definition) is 6. The highest BCUT2D eigenvalue weighted by Gasteiger charge is 2.28. The van der Waals surface area contributed by atoms with Crippen LogP contribution in [0.15, 0.2) is 10.6 Å². The Hall–Kier alpha value is -2.22. The van der Waals surface area contributed by atoms with Crippen molar-refractivity contribution in [1.29, 1.82) is 0 Å². The summed E-state index contributed by atoms with van der Waals surface area (Å²) in [5.74, 6) is 2.83. The molecule has 0 aliphatic carbocycles. The molecule has 0 saturated carbocycles. The number of likely N-dealkylation sites (tertiary alicyclic amines) is 1. The van der Waals surface area contributed by atoms with Crippen LogP contribution in [0.2, 0.25) is 0 Å². The number of aryl methyl sites for hydroxylation is 1. The van der Waals surface area contributed by atoms with Crippen molar-refractivity contribution in [1.82, 2.24) is 29.7 Å². The first-order valence-electron chi connectivity index (χ1n) is 8.67. The van der Waals surface area contributed by atoms with E-state index < -0.39 is 0 Å². The fourth-order valence-electron chi connectivity index (χ4n) is 3.33. The zero-order valence-corrected chi connectivity index (χ0v) is 15.4. The molecule has 1 fully saturated rings. The average Bonchev–Trinajstić information content (AvgIpc) is 3.13. The van der Waals surface area contributed by atoms with E-state index in [0.29, 0.717) is 12.3 Å². The summed E-state index contributed by atoms with van der Waals surface area (Å²) >= 11 is 0. The first-order valence-corrected chi connectivity index (χ1v) is 8.67. The van der Waals surface area contributed by atoms with Crippen molar-refractivity contribution in [2.24, 2.45) is 7.05 Å². The minimum absolute atomic E-state index is 0.0801. The fourth-order valence-corrected chi connectivity index (χ4v) is 3.33. The van der Waals surface area contributed by atoms with Gasteiger partial charge >= 0.3 is 0 Å². The van der Waals surface area contributed by atoms with Gasteiger partial charge in [0.05, 0.1) is 18.7 Å². The van der Waals surface area contributed by atoms with Crippen molar-refractivity contribution in [2.45, 2.75) is 38.6 Å². The molecule has 2 aromatic rings. The van der Waals surface area contributed by atoms with Gasteiger partial charge in [0, 0.05) is 32.1 Å². The van der Waals surface area contributed by atoms with Crippen molar-refractivity contribution in [3.8, 4) is 0 Å². The van der Waals surface area contributed by atoms with Gasteiger partial charge in [0.15, 0.2) is 0 Å². The van der Waals surface area contributed by atoms with Gasteiger partial charge in [-0.1, -0.05) is 5.16 Å². The number of aromatic nitrogens is 4. The predicted octanol–water partition coefficient (Wildman–Crippen LogP) is 1.12. The van der Waals surface area contributed by atoms with Crippen LogP contribution in [0.4, 0.5) is 0 Å². The van der Waals surface area contributed by atoms with E-state index >= 15 is 0 Å². The van der Waals surface area contributed by atoms with Crippen LogP contribution in [-0.2, 0) is 24.8 Å². The Labute approximate surface area is 147 Å². The molecule has 0 bridgehead atoms. The maximum absolute atomic E-state index is 12.6. The van der Waals surface area contributed by atoms with Crippen LogP contribution in [0.5, 0.6) is 0 Å². The van der Waals surface area contributed by atoms with Gasteiger partial charge in [-0.15, -0.1) is 10.2 Å². The Morgan fingerprint density at radius 3 is 2.88 bits per heavy atom. The summed E-state index contributed by atoms with van der Waals surface area (Å²) in [6.07, 6.45) is 2.26. The third-order valence-electron chi connectivity index (χ3n) is 4.60. The van der Waals surface area contributed by atoms with Crippen LogP contribution >= 0.6 is 0 Å². The van der Waals surface area contributed by atoms with Gasteiger partial charge in [-0.3, -0.25) is 4.79 Å². The van der Waals surface area contributed by atoms with Crippen molar-refractivity contribution >= 4 is 5.91 Å². The summed E-state index contributed by atoms with van der Waals surface area (Å²) in [6, 6.07) is 1.82. The van der Waals surface area contributed by atoms with E-state index in [4.69, 9.17) is 4.52 Å². The van der Waals surface area contributed by atoms with Crippen LogP contribution in [-0.4, -0.2) is 62.8 Å². The summed E-state index contributed by atoms with van der Waals surface area (Å²) in [7, 11) is 6.04. The lowest BCUT2D eigenvalue weighted by Gasteiger charge is -2.32. The summed E-state index contributed by atoms with van der Waals surface area (Å²) < 4.78 is 7.24. The molecule has 136 valence electrons. The summed E-state index contributed by atoms with van der Waals surface area (Å²) in [5.41, 5.74) is 0.798. The number of rotatable bonds is 5. The lowest BCUT2D eigenvalue weighted by Crippen LogP contribution is -2.40. The molecule has 0 N–H and O–H groups in total. The molecule has 0 spiro atoms. The standard InChI is InChI=1S/C17H26N6O2/c1-12-8-14(25-20-12)9-16(24)23-7-5-6-13(10-23)17-19-18-15(22(17)4)11-21(2)3/h8,13H,5-7,9-11H2,1-4H3/t13-/m0/s1. The minimum atomic E-state index is 0.0801. The van der Waals surface area contributed by atoms with Gasteiger partial charge in [-0.25, -0.2) is 0 Å². The highest BCUT2D eigenvalue weighted by molar-refractivity contribution is 5.78. The van der Waals surface area contributed by atoms with Gasteiger partial charge in [0.25, 0.3) is 0 Å². The normalized spacial score (nSPS) is 18.1. The van der Waals surface area contributed by atoms with Crippen molar-refractivity contribution in [2.75, 3.05) is 27.2 Å². The second-order valence-corrected chi connectivity index (χ2v) is 7.06. The molecule has 8 heteroatoms. The summed E-state index contributed by atoms with van der Waals surface area (Å²) in [5, 5.41) is 12.6. The number of carbonyl (C=O) groups is 1. The van der Waals surface area contributed by atoms with Crippen molar-refractivity contribution in [3.05, 3.63) is 29.2 Å². The third kappa shape index (κ3) is 4.07. The van der Waals surface area contributed by atoms with Gasteiger partial charge in [0.2, 0.25) is 5.91 Å². The maximum Gasteiger partial charge on any atom is 0.230 e. The highest BCUT2D eigenvalue weighted by atomic mass is 16.5. The lowest BCUT2D eigenvalue weighted by molar-refractivity contribution is -0.132. The molecular formula is C17H26N6O2. The Morgan fingerprint density at radius 1 is 1.40 bits per heavy atom. The predicted molar refractivity (Wildman–Crippen MR) is 91.9 cm³/mol. The molecule has 1 saturated heterocycles. The van der Waals surface area contributed by atoms with Gasteiger partial charge in [0.1, 0.15) is 17.4 Å². The second kappa shape index (κ2) is 7.35. The lowest BCUT2D eigenvalue weighted by atomic mass is 9.96. The van der Waals surface area contributed by atoms with E-state index in [1.54, 1.807) is 0 Å².